The highest BCUT2D eigenvalue weighted by Crippen LogP contribution is 2.28. The molecule has 25 heavy (non-hydrogen) atoms. The van der Waals surface area contributed by atoms with Gasteiger partial charge in [0.25, 0.3) is 0 Å². The Labute approximate surface area is 151 Å². The molecular formula is C19H33N5O. The van der Waals surface area contributed by atoms with E-state index in [0.717, 1.165) is 57.9 Å². The highest BCUT2D eigenvalue weighted by atomic mass is 16.5. The zero-order valence-electron chi connectivity index (χ0n) is 16.1. The molecule has 2 atom stereocenters. The number of hydrogen-bond donors (Lipinski definition) is 2. The Morgan fingerprint density at radius 1 is 1.52 bits per heavy atom. The summed E-state index contributed by atoms with van der Waals surface area (Å²) in [6.45, 7) is 12.1. The molecule has 0 radical (unpaired) electrons. The molecule has 6 heteroatoms. The predicted octanol–water partition coefficient (Wildman–Crippen LogP) is 2.30. The number of fused-ring (bicyclic) bond motifs is 1. The van der Waals surface area contributed by atoms with E-state index < -0.39 is 0 Å². The van der Waals surface area contributed by atoms with Crippen LogP contribution in [0.15, 0.2) is 11.2 Å². The molecule has 2 aliphatic rings. The number of nitrogens with zero attached hydrogens (tertiary/aromatic N) is 3. The molecule has 1 aliphatic heterocycles. The fourth-order valence-corrected chi connectivity index (χ4v) is 3.52. The second-order valence-electron chi connectivity index (χ2n) is 8.07. The van der Waals surface area contributed by atoms with Crippen molar-refractivity contribution in [2.45, 2.75) is 65.5 Å². The molecule has 0 amide bonds. The summed E-state index contributed by atoms with van der Waals surface area (Å²) in [4.78, 5) is 4.84. The maximum atomic E-state index is 5.54. The fourth-order valence-electron chi connectivity index (χ4n) is 3.52. The van der Waals surface area contributed by atoms with Crippen LogP contribution >= 0.6 is 0 Å². The molecule has 0 spiro atoms. The number of ether oxygens (including phenoxy) is 1. The topological polar surface area (TPSA) is 63.5 Å². The molecule has 0 saturated carbocycles. The van der Waals surface area contributed by atoms with Gasteiger partial charge in [0.05, 0.1) is 18.8 Å². The van der Waals surface area contributed by atoms with Crippen molar-refractivity contribution in [3.8, 4) is 0 Å². The standard InChI is InChI=1S/C19H33N5O/c1-5-20-18(21-12-19(4)8-9-25-13-19)22-16-7-6-15-11-24(14(2)3)23-17(15)10-16/h11,14,16H,5-10,12-13H2,1-4H3,(H2,20,21,22). The third-order valence-corrected chi connectivity index (χ3v) is 5.23. The number of aliphatic imine (C=N–C) groups is 1. The lowest BCUT2D eigenvalue weighted by molar-refractivity contribution is 0.163. The van der Waals surface area contributed by atoms with Crippen LogP contribution in [0.25, 0.3) is 0 Å². The van der Waals surface area contributed by atoms with Crippen molar-refractivity contribution in [1.29, 1.82) is 0 Å². The average Bonchev–Trinajstić information content (AvgIpc) is 3.19. The fraction of sp³-hybridized carbons (Fsp3) is 0.789. The molecule has 1 aromatic heterocycles. The molecule has 1 aliphatic carbocycles. The van der Waals surface area contributed by atoms with E-state index in [4.69, 9.17) is 14.8 Å². The zero-order valence-corrected chi connectivity index (χ0v) is 16.1. The van der Waals surface area contributed by atoms with Crippen molar-refractivity contribution < 1.29 is 4.74 Å². The average molecular weight is 348 g/mol. The Kier molecular flexibility index (Phi) is 5.67. The minimum atomic E-state index is 0.179. The first-order chi connectivity index (χ1) is 12.0. The normalized spacial score (nSPS) is 26.8. The van der Waals surface area contributed by atoms with Crippen LogP contribution in [0.4, 0.5) is 0 Å². The number of nitrogens with one attached hydrogen (secondary N) is 2. The SMILES string of the molecule is CCNC(=NCC1(C)CCOC1)NC1CCc2cn(C(C)C)nc2C1. The van der Waals surface area contributed by atoms with Crippen molar-refractivity contribution in [3.63, 3.8) is 0 Å². The predicted molar refractivity (Wildman–Crippen MR) is 101 cm³/mol. The zero-order chi connectivity index (χ0) is 17.9. The highest BCUT2D eigenvalue weighted by Gasteiger charge is 2.30. The van der Waals surface area contributed by atoms with Crippen molar-refractivity contribution in [2.24, 2.45) is 10.4 Å². The third kappa shape index (κ3) is 4.54. The van der Waals surface area contributed by atoms with Crippen molar-refractivity contribution in [1.82, 2.24) is 20.4 Å². The number of guanidine groups is 1. The molecule has 0 bridgehead atoms. The largest absolute Gasteiger partial charge is 0.381 e. The van der Waals surface area contributed by atoms with E-state index in [1.165, 1.54) is 11.3 Å². The molecular weight excluding hydrogens is 314 g/mol. The van der Waals surface area contributed by atoms with E-state index in [2.05, 4.69) is 49.2 Å². The van der Waals surface area contributed by atoms with Gasteiger partial charge in [-0.3, -0.25) is 9.67 Å². The smallest absolute Gasteiger partial charge is 0.191 e. The van der Waals surface area contributed by atoms with Crippen LogP contribution in [-0.4, -0.2) is 48.1 Å². The number of aromatic nitrogens is 2. The van der Waals surface area contributed by atoms with Crippen LogP contribution in [0.1, 0.15) is 57.8 Å². The number of rotatable bonds is 5. The van der Waals surface area contributed by atoms with Crippen LogP contribution in [0.5, 0.6) is 0 Å². The minimum Gasteiger partial charge on any atom is -0.381 e. The second-order valence-corrected chi connectivity index (χ2v) is 8.07. The maximum Gasteiger partial charge on any atom is 0.191 e. The van der Waals surface area contributed by atoms with Crippen LogP contribution in [0, 0.1) is 5.41 Å². The molecule has 140 valence electrons. The van der Waals surface area contributed by atoms with E-state index in [0.29, 0.717) is 12.1 Å². The van der Waals surface area contributed by atoms with E-state index >= 15 is 0 Å². The summed E-state index contributed by atoms with van der Waals surface area (Å²) in [6, 6.07) is 0.818. The Morgan fingerprint density at radius 3 is 3.04 bits per heavy atom. The lowest BCUT2D eigenvalue weighted by Crippen LogP contribution is -2.46. The van der Waals surface area contributed by atoms with Crippen molar-refractivity contribution >= 4 is 5.96 Å². The maximum absolute atomic E-state index is 5.54. The molecule has 1 aromatic rings. The minimum absolute atomic E-state index is 0.179. The number of aryl methyl sites for hydroxylation is 1. The van der Waals surface area contributed by atoms with Crippen molar-refractivity contribution in [2.75, 3.05) is 26.3 Å². The summed E-state index contributed by atoms with van der Waals surface area (Å²) in [6.07, 6.45) is 6.50. The van der Waals surface area contributed by atoms with Gasteiger partial charge < -0.3 is 15.4 Å². The first-order valence-electron chi connectivity index (χ1n) is 9.68. The van der Waals surface area contributed by atoms with Gasteiger partial charge in [0, 0.05) is 43.3 Å². The molecule has 3 rings (SSSR count). The Balaban J connectivity index is 1.62. The van der Waals surface area contributed by atoms with Gasteiger partial charge in [0.1, 0.15) is 0 Å². The van der Waals surface area contributed by atoms with Gasteiger partial charge in [-0.25, -0.2) is 0 Å². The molecule has 2 N–H and O–H groups in total. The van der Waals surface area contributed by atoms with Gasteiger partial charge in [-0.05, 0) is 45.6 Å². The molecule has 6 nitrogen and oxygen atoms in total. The third-order valence-electron chi connectivity index (χ3n) is 5.23. The summed E-state index contributed by atoms with van der Waals surface area (Å²) in [5, 5.41) is 11.8. The van der Waals surface area contributed by atoms with Crippen LogP contribution in [0.2, 0.25) is 0 Å². The first kappa shape index (κ1) is 18.2. The molecule has 1 saturated heterocycles. The second kappa shape index (κ2) is 7.77. The van der Waals surface area contributed by atoms with E-state index in [1.807, 2.05) is 0 Å². The van der Waals surface area contributed by atoms with Gasteiger partial charge in [-0.2, -0.15) is 5.10 Å². The summed E-state index contributed by atoms with van der Waals surface area (Å²) < 4.78 is 7.63. The van der Waals surface area contributed by atoms with E-state index in [9.17, 15) is 0 Å². The lowest BCUT2D eigenvalue weighted by Gasteiger charge is -2.25. The Bertz CT molecular complexity index is 601. The van der Waals surface area contributed by atoms with Crippen LogP contribution in [-0.2, 0) is 17.6 Å². The lowest BCUT2D eigenvalue weighted by atomic mass is 9.90. The summed E-state index contributed by atoms with van der Waals surface area (Å²) in [5.41, 5.74) is 2.83. The van der Waals surface area contributed by atoms with Gasteiger partial charge in [-0.1, -0.05) is 6.92 Å². The van der Waals surface area contributed by atoms with E-state index in [1.54, 1.807) is 0 Å². The molecule has 0 aromatic carbocycles. The van der Waals surface area contributed by atoms with E-state index in [-0.39, 0.29) is 5.41 Å². The van der Waals surface area contributed by atoms with Gasteiger partial charge >= 0.3 is 0 Å². The van der Waals surface area contributed by atoms with Gasteiger partial charge in [-0.15, -0.1) is 0 Å². The summed E-state index contributed by atoms with van der Waals surface area (Å²) in [7, 11) is 0. The Hall–Kier alpha value is -1.56. The van der Waals surface area contributed by atoms with Gasteiger partial charge in [0.15, 0.2) is 5.96 Å². The molecule has 1 fully saturated rings. The summed E-state index contributed by atoms with van der Waals surface area (Å²) in [5.74, 6) is 0.923. The highest BCUT2D eigenvalue weighted by molar-refractivity contribution is 5.80. The quantitative estimate of drug-likeness (QED) is 0.634. The van der Waals surface area contributed by atoms with Crippen molar-refractivity contribution in [3.05, 3.63) is 17.5 Å². The summed E-state index contributed by atoms with van der Waals surface area (Å²) >= 11 is 0. The first-order valence-corrected chi connectivity index (χ1v) is 9.68. The Morgan fingerprint density at radius 2 is 2.36 bits per heavy atom. The molecule has 2 unspecified atom stereocenters. The van der Waals surface area contributed by atoms with Gasteiger partial charge in [0.2, 0.25) is 0 Å². The van der Waals surface area contributed by atoms with Crippen LogP contribution in [0.3, 0.4) is 0 Å². The monoisotopic (exact) mass is 347 g/mol. The van der Waals surface area contributed by atoms with Crippen LogP contribution < -0.4 is 10.6 Å². The molecule has 2 heterocycles. The number of hydrogen-bond acceptors (Lipinski definition) is 3.